The first-order valence-electron chi connectivity index (χ1n) is 6.80. The molecule has 0 spiro atoms. The SMILES string of the molecule is CCCNC(=O)NC(=O)COC(=O)/C=C/c1ccc(F)c(Cl)c1. The molecule has 124 valence electrons. The molecule has 1 rings (SSSR count). The Morgan fingerprint density at radius 1 is 1.35 bits per heavy atom. The van der Waals surface area contributed by atoms with Crippen molar-refractivity contribution in [3.63, 3.8) is 0 Å². The lowest BCUT2D eigenvalue weighted by Gasteiger charge is -2.05. The van der Waals surface area contributed by atoms with Crippen LogP contribution >= 0.6 is 11.6 Å². The van der Waals surface area contributed by atoms with Gasteiger partial charge in [0.25, 0.3) is 5.91 Å². The van der Waals surface area contributed by atoms with Crippen molar-refractivity contribution in [1.29, 1.82) is 0 Å². The van der Waals surface area contributed by atoms with Gasteiger partial charge >= 0.3 is 12.0 Å². The lowest BCUT2D eigenvalue weighted by Crippen LogP contribution is -2.41. The maximum Gasteiger partial charge on any atom is 0.331 e. The van der Waals surface area contributed by atoms with Gasteiger partial charge in [0.2, 0.25) is 0 Å². The highest BCUT2D eigenvalue weighted by atomic mass is 35.5. The molecule has 23 heavy (non-hydrogen) atoms. The molecule has 0 atom stereocenters. The van der Waals surface area contributed by atoms with Crippen molar-refractivity contribution in [2.45, 2.75) is 13.3 Å². The highest BCUT2D eigenvalue weighted by Crippen LogP contribution is 2.16. The molecule has 0 aromatic heterocycles. The second kappa shape index (κ2) is 9.58. The van der Waals surface area contributed by atoms with Crippen LogP contribution in [-0.4, -0.2) is 31.1 Å². The first-order valence-corrected chi connectivity index (χ1v) is 7.17. The number of carbonyl (C=O) groups is 3. The van der Waals surface area contributed by atoms with Gasteiger partial charge in [-0.3, -0.25) is 10.1 Å². The summed E-state index contributed by atoms with van der Waals surface area (Å²) >= 11 is 5.60. The van der Waals surface area contributed by atoms with E-state index >= 15 is 0 Å². The van der Waals surface area contributed by atoms with Crippen molar-refractivity contribution < 1.29 is 23.5 Å². The molecule has 0 saturated heterocycles. The van der Waals surface area contributed by atoms with Crippen LogP contribution in [0.2, 0.25) is 5.02 Å². The number of hydrogen-bond donors (Lipinski definition) is 2. The third-order valence-corrected chi connectivity index (χ3v) is 2.78. The van der Waals surface area contributed by atoms with Gasteiger partial charge in [0.1, 0.15) is 5.82 Å². The van der Waals surface area contributed by atoms with Crippen molar-refractivity contribution >= 4 is 35.6 Å². The van der Waals surface area contributed by atoms with Crippen LogP contribution in [0.25, 0.3) is 6.08 Å². The van der Waals surface area contributed by atoms with Gasteiger partial charge in [-0.2, -0.15) is 0 Å². The number of urea groups is 1. The van der Waals surface area contributed by atoms with Crippen LogP contribution in [0.1, 0.15) is 18.9 Å². The number of hydrogen-bond acceptors (Lipinski definition) is 4. The number of amides is 3. The van der Waals surface area contributed by atoms with E-state index in [1.165, 1.54) is 18.2 Å². The Bertz CT molecular complexity index is 619. The molecule has 1 aromatic carbocycles. The van der Waals surface area contributed by atoms with E-state index < -0.39 is 30.3 Å². The van der Waals surface area contributed by atoms with Gasteiger partial charge in [-0.05, 0) is 30.2 Å². The fraction of sp³-hybridized carbons (Fsp3) is 0.267. The van der Waals surface area contributed by atoms with Crippen LogP contribution in [0.15, 0.2) is 24.3 Å². The molecule has 0 radical (unpaired) electrons. The maximum atomic E-state index is 13.0. The summed E-state index contributed by atoms with van der Waals surface area (Å²) in [5, 5.41) is 4.38. The molecule has 0 fully saturated rings. The fourth-order valence-corrected chi connectivity index (χ4v) is 1.60. The van der Waals surface area contributed by atoms with E-state index in [0.29, 0.717) is 12.1 Å². The fourth-order valence-electron chi connectivity index (χ4n) is 1.41. The Balaban J connectivity index is 2.38. The van der Waals surface area contributed by atoms with Crippen molar-refractivity contribution in [2.24, 2.45) is 0 Å². The Kier molecular flexibility index (Phi) is 7.76. The van der Waals surface area contributed by atoms with Gasteiger partial charge in [0, 0.05) is 12.6 Å². The second-order valence-electron chi connectivity index (χ2n) is 4.42. The zero-order valence-corrected chi connectivity index (χ0v) is 13.2. The first kappa shape index (κ1) is 18.6. The molecule has 6 nitrogen and oxygen atoms in total. The smallest absolute Gasteiger partial charge is 0.331 e. The van der Waals surface area contributed by atoms with Gasteiger partial charge in [-0.1, -0.05) is 24.6 Å². The predicted molar refractivity (Wildman–Crippen MR) is 83.2 cm³/mol. The van der Waals surface area contributed by atoms with Crippen molar-refractivity contribution in [3.8, 4) is 0 Å². The molecule has 1 aromatic rings. The number of esters is 1. The Morgan fingerprint density at radius 2 is 2.09 bits per heavy atom. The number of halogens is 2. The molecule has 0 unspecified atom stereocenters. The topological polar surface area (TPSA) is 84.5 Å². The summed E-state index contributed by atoms with van der Waals surface area (Å²) in [7, 11) is 0. The van der Waals surface area contributed by atoms with E-state index in [1.54, 1.807) is 0 Å². The lowest BCUT2D eigenvalue weighted by atomic mass is 10.2. The van der Waals surface area contributed by atoms with Crippen molar-refractivity contribution in [3.05, 3.63) is 40.7 Å². The highest BCUT2D eigenvalue weighted by molar-refractivity contribution is 6.30. The Labute approximate surface area is 137 Å². The van der Waals surface area contributed by atoms with Gasteiger partial charge in [0.15, 0.2) is 6.61 Å². The summed E-state index contributed by atoms with van der Waals surface area (Å²) in [6, 6.07) is 3.28. The first-order chi connectivity index (χ1) is 10.9. The summed E-state index contributed by atoms with van der Waals surface area (Å²) in [4.78, 5) is 34.0. The highest BCUT2D eigenvalue weighted by Gasteiger charge is 2.09. The van der Waals surface area contributed by atoms with E-state index in [4.69, 9.17) is 11.6 Å². The minimum absolute atomic E-state index is 0.0713. The number of carbonyl (C=O) groups excluding carboxylic acids is 3. The van der Waals surface area contributed by atoms with Crippen LogP contribution in [0.5, 0.6) is 0 Å². The maximum absolute atomic E-state index is 13.0. The molecule has 0 aliphatic carbocycles. The van der Waals surface area contributed by atoms with E-state index in [2.05, 4.69) is 10.1 Å². The zero-order chi connectivity index (χ0) is 17.2. The molecular formula is C15H16ClFN2O4. The molecule has 0 saturated carbocycles. The predicted octanol–water partition coefficient (Wildman–Crippen LogP) is 2.27. The van der Waals surface area contributed by atoms with Crippen LogP contribution in [0.3, 0.4) is 0 Å². The third kappa shape index (κ3) is 7.42. The summed E-state index contributed by atoms with van der Waals surface area (Å²) in [6.07, 6.45) is 3.16. The average molecular weight is 343 g/mol. The molecular weight excluding hydrogens is 327 g/mol. The van der Waals surface area contributed by atoms with Crippen molar-refractivity contribution in [1.82, 2.24) is 10.6 Å². The quantitative estimate of drug-likeness (QED) is 0.613. The van der Waals surface area contributed by atoms with Gasteiger partial charge in [-0.25, -0.2) is 14.0 Å². The van der Waals surface area contributed by atoms with Crippen LogP contribution in [0, 0.1) is 5.82 Å². The number of rotatable bonds is 6. The molecule has 3 amide bonds. The summed E-state index contributed by atoms with van der Waals surface area (Å²) in [6.45, 7) is 1.71. The van der Waals surface area contributed by atoms with E-state index in [-0.39, 0.29) is 5.02 Å². The van der Waals surface area contributed by atoms with Crippen molar-refractivity contribution in [2.75, 3.05) is 13.2 Å². The molecule has 0 aliphatic rings. The van der Waals surface area contributed by atoms with Crippen LogP contribution < -0.4 is 10.6 Å². The molecule has 0 heterocycles. The van der Waals surface area contributed by atoms with Crippen LogP contribution in [0.4, 0.5) is 9.18 Å². The lowest BCUT2D eigenvalue weighted by molar-refractivity contribution is -0.143. The van der Waals surface area contributed by atoms with E-state index in [0.717, 1.165) is 18.6 Å². The standard InChI is InChI=1S/C15H16ClFN2O4/c1-2-7-18-15(22)19-13(20)9-23-14(21)6-4-10-3-5-12(17)11(16)8-10/h3-6,8H,2,7,9H2,1H3,(H2,18,19,20,22)/b6-4+. The molecule has 8 heteroatoms. The summed E-state index contributed by atoms with van der Waals surface area (Å²) in [5.74, 6) is -2.09. The monoisotopic (exact) mass is 342 g/mol. The normalized spacial score (nSPS) is 10.4. The minimum Gasteiger partial charge on any atom is -0.452 e. The van der Waals surface area contributed by atoms with E-state index in [1.807, 2.05) is 12.2 Å². The largest absolute Gasteiger partial charge is 0.452 e. The van der Waals surface area contributed by atoms with Crippen LogP contribution in [-0.2, 0) is 14.3 Å². The van der Waals surface area contributed by atoms with Gasteiger partial charge in [0.05, 0.1) is 5.02 Å². The number of imide groups is 1. The third-order valence-electron chi connectivity index (χ3n) is 2.49. The molecule has 2 N–H and O–H groups in total. The number of ether oxygens (including phenoxy) is 1. The Hall–Kier alpha value is -2.41. The number of nitrogens with one attached hydrogen (secondary N) is 2. The Morgan fingerprint density at radius 3 is 2.74 bits per heavy atom. The van der Waals surface area contributed by atoms with Gasteiger partial charge in [-0.15, -0.1) is 0 Å². The molecule has 0 bridgehead atoms. The minimum atomic E-state index is -0.783. The summed E-state index contributed by atoms with van der Waals surface area (Å²) < 4.78 is 17.6. The zero-order valence-electron chi connectivity index (χ0n) is 12.4. The van der Waals surface area contributed by atoms with Gasteiger partial charge < -0.3 is 10.1 Å². The summed E-state index contributed by atoms with van der Waals surface area (Å²) in [5.41, 5.74) is 0.497. The average Bonchev–Trinajstić information content (AvgIpc) is 2.52. The molecule has 0 aliphatic heterocycles. The number of benzene rings is 1. The van der Waals surface area contributed by atoms with E-state index in [9.17, 15) is 18.8 Å². The second-order valence-corrected chi connectivity index (χ2v) is 4.83.